The maximum absolute atomic E-state index is 12.7. The summed E-state index contributed by atoms with van der Waals surface area (Å²) in [5.41, 5.74) is 6.21. The van der Waals surface area contributed by atoms with Gasteiger partial charge < -0.3 is 9.32 Å². The molecule has 1 heterocycles. The van der Waals surface area contributed by atoms with Gasteiger partial charge in [0.1, 0.15) is 0 Å². The molecular formula is C24H18N2O2. The van der Waals surface area contributed by atoms with Gasteiger partial charge in [0.25, 0.3) is 0 Å². The van der Waals surface area contributed by atoms with Gasteiger partial charge in [-0.2, -0.15) is 0 Å². The summed E-state index contributed by atoms with van der Waals surface area (Å²) in [7, 11) is 4.02. The molecule has 0 atom stereocenters. The van der Waals surface area contributed by atoms with Crippen LogP contribution in [0.2, 0.25) is 0 Å². The molecule has 4 aromatic rings. The van der Waals surface area contributed by atoms with Crippen molar-refractivity contribution < 1.29 is 9.21 Å². The summed E-state index contributed by atoms with van der Waals surface area (Å²) in [6, 6.07) is 21.5. The SMILES string of the molecule is CN(C)c1ccc(-c2cnc(-c3cccc4c3-c3ccccc3C4=O)o2)cc1. The maximum Gasteiger partial charge on any atom is 0.227 e. The molecule has 136 valence electrons. The van der Waals surface area contributed by atoms with E-state index in [9.17, 15) is 4.79 Å². The number of hydrogen-bond acceptors (Lipinski definition) is 4. The van der Waals surface area contributed by atoms with Gasteiger partial charge in [-0.25, -0.2) is 4.98 Å². The van der Waals surface area contributed by atoms with Crippen LogP contribution in [0.25, 0.3) is 33.9 Å². The van der Waals surface area contributed by atoms with Crippen molar-refractivity contribution >= 4 is 11.5 Å². The van der Waals surface area contributed by atoms with Crippen molar-refractivity contribution in [3.63, 3.8) is 0 Å². The number of benzene rings is 3. The summed E-state index contributed by atoms with van der Waals surface area (Å²) >= 11 is 0. The minimum Gasteiger partial charge on any atom is -0.436 e. The largest absolute Gasteiger partial charge is 0.436 e. The molecule has 0 fully saturated rings. The third-order valence-corrected chi connectivity index (χ3v) is 5.15. The average Bonchev–Trinajstić information content (AvgIpc) is 3.33. The van der Waals surface area contributed by atoms with Gasteiger partial charge in [0.15, 0.2) is 11.5 Å². The van der Waals surface area contributed by atoms with Gasteiger partial charge in [0.05, 0.1) is 6.20 Å². The van der Waals surface area contributed by atoms with E-state index in [4.69, 9.17) is 4.42 Å². The van der Waals surface area contributed by atoms with E-state index in [0.717, 1.165) is 33.5 Å². The van der Waals surface area contributed by atoms with Crippen molar-refractivity contribution in [2.75, 3.05) is 19.0 Å². The zero-order valence-corrected chi connectivity index (χ0v) is 15.6. The van der Waals surface area contributed by atoms with Crippen LogP contribution in [0, 0.1) is 0 Å². The van der Waals surface area contributed by atoms with Crippen molar-refractivity contribution in [1.82, 2.24) is 4.98 Å². The van der Waals surface area contributed by atoms with Crippen molar-refractivity contribution in [2.45, 2.75) is 0 Å². The molecule has 1 aliphatic rings. The molecule has 5 rings (SSSR count). The zero-order chi connectivity index (χ0) is 19.3. The van der Waals surface area contributed by atoms with E-state index in [-0.39, 0.29) is 5.78 Å². The molecule has 1 aliphatic carbocycles. The molecule has 28 heavy (non-hydrogen) atoms. The Hall–Kier alpha value is -3.66. The number of carbonyl (C=O) groups excluding carboxylic acids is 1. The number of rotatable bonds is 3. The fraction of sp³-hybridized carbons (Fsp3) is 0.0833. The summed E-state index contributed by atoms with van der Waals surface area (Å²) < 4.78 is 6.10. The molecule has 4 nitrogen and oxygen atoms in total. The number of anilines is 1. The second kappa shape index (κ2) is 6.20. The van der Waals surface area contributed by atoms with E-state index in [1.165, 1.54) is 0 Å². The highest BCUT2D eigenvalue weighted by Gasteiger charge is 2.29. The topological polar surface area (TPSA) is 46.3 Å². The van der Waals surface area contributed by atoms with E-state index < -0.39 is 0 Å². The summed E-state index contributed by atoms with van der Waals surface area (Å²) in [5.74, 6) is 1.28. The van der Waals surface area contributed by atoms with E-state index >= 15 is 0 Å². The summed E-state index contributed by atoms with van der Waals surface area (Å²) in [4.78, 5) is 19.3. The highest BCUT2D eigenvalue weighted by molar-refractivity contribution is 6.23. The van der Waals surface area contributed by atoms with Crippen LogP contribution in [0.5, 0.6) is 0 Å². The quantitative estimate of drug-likeness (QED) is 0.435. The molecule has 0 amide bonds. The van der Waals surface area contributed by atoms with Crippen molar-refractivity contribution in [1.29, 1.82) is 0 Å². The Morgan fingerprint density at radius 3 is 2.21 bits per heavy atom. The number of aromatic nitrogens is 1. The second-order valence-electron chi connectivity index (χ2n) is 7.07. The molecule has 0 unspecified atom stereocenters. The Labute approximate surface area is 163 Å². The van der Waals surface area contributed by atoms with Crippen LogP contribution in [0.1, 0.15) is 15.9 Å². The van der Waals surface area contributed by atoms with Gasteiger partial charge in [0.2, 0.25) is 5.89 Å². The molecule has 0 bridgehead atoms. The van der Waals surface area contributed by atoms with Gasteiger partial charge in [-0.05, 0) is 35.9 Å². The molecule has 0 saturated carbocycles. The second-order valence-corrected chi connectivity index (χ2v) is 7.07. The lowest BCUT2D eigenvalue weighted by atomic mass is 9.99. The standard InChI is InChI=1S/C24H18N2O2/c1-26(2)16-12-10-15(11-13-16)21-14-25-24(28-21)20-9-5-8-19-22(20)17-6-3-4-7-18(17)23(19)27/h3-14H,1-2H3. The highest BCUT2D eigenvalue weighted by atomic mass is 16.4. The normalized spacial score (nSPS) is 12.0. The average molecular weight is 366 g/mol. The summed E-state index contributed by atoms with van der Waals surface area (Å²) in [6.45, 7) is 0. The third kappa shape index (κ3) is 2.46. The predicted octanol–water partition coefficient (Wildman–Crippen LogP) is 5.29. The Morgan fingerprint density at radius 2 is 1.46 bits per heavy atom. The van der Waals surface area contributed by atoms with Crippen molar-refractivity contribution in [2.24, 2.45) is 0 Å². The van der Waals surface area contributed by atoms with Crippen molar-refractivity contribution in [3.8, 4) is 33.9 Å². The number of ketones is 1. The molecule has 3 aromatic carbocycles. The van der Waals surface area contributed by atoms with Crippen LogP contribution < -0.4 is 4.90 Å². The zero-order valence-electron chi connectivity index (χ0n) is 15.6. The lowest BCUT2D eigenvalue weighted by molar-refractivity contribution is 0.104. The van der Waals surface area contributed by atoms with Gasteiger partial charge in [0, 0.05) is 47.6 Å². The minimum atomic E-state index is 0.0542. The van der Waals surface area contributed by atoms with Gasteiger partial charge >= 0.3 is 0 Å². The number of carbonyl (C=O) groups is 1. The molecule has 0 aliphatic heterocycles. The van der Waals surface area contributed by atoms with Crippen LogP contribution in [0.3, 0.4) is 0 Å². The monoisotopic (exact) mass is 366 g/mol. The lowest BCUT2D eigenvalue weighted by Crippen LogP contribution is -2.07. The molecule has 0 radical (unpaired) electrons. The Morgan fingerprint density at radius 1 is 0.786 bits per heavy atom. The van der Waals surface area contributed by atoms with E-state index in [2.05, 4.69) is 9.88 Å². The first-order valence-electron chi connectivity index (χ1n) is 9.14. The first kappa shape index (κ1) is 16.5. The Bertz CT molecular complexity index is 1200. The lowest BCUT2D eigenvalue weighted by Gasteiger charge is -2.12. The summed E-state index contributed by atoms with van der Waals surface area (Å²) in [6.07, 6.45) is 1.74. The number of nitrogens with zero attached hydrogens (tertiary/aromatic N) is 2. The first-order valence-corrected chi connectivity index (χ1v) is 9.14. The molecule has 0 saturated heterocycles. The summed E-state index contributed by atoms with van der Waals surface area (Å²) in [5, 5.41) is 0. The third-order valence-electron chi connectivity index (χ3n) is 5.15. The van der Waals surface area contributed by atoms with E-state index in [1.54, 1.807) is 6.20 Å². The van der Waals surface area contributed by atoms with Crippen LogP contribution >= 0.6 is 0 Å². The molecule has 0 spiro atoms. The fourth-order valence-corrected chi connectivity index (χ4v) is 3.71. The van der Waals surface area contributed by atoms with E-state index in [1.807, 2.05) is 80.8 Å². The molecule has 1 aromatic heterocycles. The number of oxazole rings is 1. The maximum atomic E-state index is 12.7. The number of hydrogen-bond donors (Lipinski definition) is 0. The molecule has 4 heteroatoms. The van der Waals surface area contributed by atoms with Crippen LogP contribution in [0.4, 0.5) is 5.69 Å². The van der Waals surface area contributed by atoms with Gasteiger partial charge in [-0.1, -0.05) is 36.4 Å². The smallest absolute Gasteiger partial charge is 0.227 e. The molecular weight excluding hydrogens is 348 g/mol. The van der Waals surface area contributed by atoms with Crippen LogP contribution in [-0.4, -0.2) is 24.9 Å². The van der Waals surface area contributed by atoms with Crippen molar-refractivity contribution in [3.05, 3.63) is 84.1 Å². The first-order chi connectivity index (χ1) is 13.6. The van der Waals surface area contributed by atoms with E-state index in [0.29, 0.717) is 17.2 Å². The van der Waals surface area contributed by atoms with Crippen LogP contribution in [-0.2, 0) is 0 Å². The highest BCUT2D eigenvalue weighted by Crippen LogP contribution is 2.43. The Balaban J connectivity index is 1.59. The molecule has 0 N–H and O–H groups in total. The number of fused-ring (bicyclic) bond motifs is 3. The van der Waals surface area contributed by atoms with Gasteiger partial charge in [-0.15, -0.1) is 0 Å². The Kier molecular flexibility index (Phi) is 3.66. The van der Waals surface area contributed by atoms with Gasteiger partial charge in [-0.3, -0.25) is 4.79 Å². The predicted molar refractivity (Wildman–Crippen MR) is 111 cm³/mol. The minimum absolute atomic E-state index is 0.0542. The fourth-order valence-electron chi connectivity index (χ4n) is 3.71. The van der Waals surface area contributed by atoms with Crippen LogP contribution in [0.15, 0.2) is 77.3 Å².